The van der Waals surface area contributed by atoms with Gasteiger partial charge in [0.05, 0.1) is 18.8 Å². The van der Waals surface area contributed by atoms with Crippen LogP contribution in [0.4, 0.5) is 11.4 Å². The predicted octanol–water partition coefficient (Wildman–Crippen LogP) is 2.15. The Balaban J connectivity index is 2.37. The van der Waals surface area contributed by atoms with Crippen LogP contribution < -0.4 is 11.1 Å². The SMILES string of the molecule is C=C(C)COCCNc1ccc(N)c(C#N)c1. The Kier molecular flexibility index (Phi) is 5.05. The molecule has 0 amide bonds. The van der Waals surface area contributed by atoms with Crippen molar-refractivity contribution in [1.82, 2.24) is 0 Å². The van der Waals surface area contributed by atoms with E-state index < -0.39 is 0 Å². The van der Waals surface area contributed by atoms with Crippen LogP contribution in [0.25, 0.3) is 0 Å². The number of nitrogens with zero attached hydrogens (tertiary/aromatic N) is 1. The monoisotopic (exact) mass is 231 g/mol. The molecule has 0 aromatic heterocycles. The second kappa shape index (κ2) is 6.56. The first-order chi connectivity index (χ1) is 8.13. The van der Waals surface area contributed by atoms with Crippen molar-refractivity contribution in [3.05, 3.63) is 35.9 Å². The average Bonchev–Trinajstić information content (AvgIpc) is 2.30. The summed E-state index contributed by atoms with van der Waals surface area (Å²) in [6.07, 6.45) is 0. The number of ether oxygens (including phenoxy) is 1. The van der Waals surface area contributed by atoms with E-state index in [0.717, 1.165) is 11.3 Å². The van der Waals surface area contributed by atoms with E-state index in [4.69, 9.17) is 15.7 Å². The van der Waals surface area contributed by atoms with E-state index in [-0.39, 0.29) is 0 Å². The maximum atomic E-state index is 8.82. The Labute approximate surface area is 102 Å². The molecule has 3 N–H and O–H groups in total. The molecule has 0 radical (unpaired) electrons. The van der Waals surface area contributed by atoms with Crippen LogP contribution in [0.5, 0.6) is 0 Å². The van der Waals surface area contributed by atoms with Gasteiger partial charge in [0, 0.05) is 17.9 Å². The van der Waals surface area contributed by atoms with Gasteiger partial charge in [0.25, 0.3) is 0 Å². The first-order valence-corrected chi connectivity index (χ1v) is 5.39. The fourth-order valence-electron chi connectivity index (χ4n) is 1.28. The number of hydrogen-bond donors (Lipinski definition) is 2. The zero-order chi connectivity index (χ0) is 12.7. The number of nitrogen functional groups attached to an aromatic ring is 1. The summed E-state index contributed by atoms with van der Waals surface area (Å²) in [5.74, 6) is 0. The minimum absolute atomic E-state index is 0.484. The topological polar surface area (TPSA) is 71.1 Å². The fourth-order valence-corrected chi connectivity index (χ4v) is 1.28. The molecule has 0 heterocycles. The summed E-state index contributed by atoms with van der Waals surface area (Å²) in [4.78, 5) is 0. The molecule has 4 heteroatoms. The van der Waals surface area contributed by atoms with Gasteiger partial charge in [-0.2, -0.15) is 5.26 Å². The van der Waals surface area contributed by atoms with E-state index in [9.17, 15) is 0 Å². The quantitative estimate of drug-likeness (QED) is 0.447. The van der Waals surface area contributed by atoms with Gasteiger partial charge in [-0.15, -0.1) is 0 Å². The van der Waals surface area contributed by atoms with E-state index in [1.807, 2.05) is 19.1 Å². The van der Waals surface area contributed by atoms with Crippen molar-refractivity contribution in [2.45, 2.75) is 6.92 Å². The summed E-state index contributed by atoms with van der Waals surface area (Å²) in [6, 6.07) is 7.33. The molecule has 1 aromatic rings. The molecule has 1 aromatic carbocycles. The van der Waals surface area contributed by atoms with Gasteiger partial charge in [-0.05, 0) is 25.1 Å². The van der Waals surface area contributed by atoms with Crippen LogP contribution in [0.2, 0.25) is 0 Å². The molecule has 0 aliphatic rings. The first kappa shape index (κ1) is 13.1. The van der Waals surface area contributed by atoms with Gasteiger partial charge in [0.2, 0.25) is 0 Å². The molecule has 17 heavy (non-hydrogen) atoms. The molecule has 4 nitrogen and oxygen atoms in total. The van der Waals surface area contributed by atoms with Gasteiger partial charge in [-0.1, -0.05) is 12.2 Å². The lowest BCUT2D eigenvalue weighted by Crippen LogP contribution is -2.10. The molecule has 90 valence electrons. The lowest BCUT2D eigenvalue weighted by molar-refractivity contribution is 0.167. The number of anilines is 2. The highest BCUT2D eigenvalue weighted by molar-refractivity contribution is 5.61. The van der Waals surface area contributed by atoms with Gasteiger partial charge >= 0.3 is 0 Å². The Hall–Kier alpha value is -1.99. The minimum atomic E-state index is 0.484. The molecule has 0 atom stereocenters. The van der Waals surface area contributed by atoms with Gasteiger partial charge < -0.3 is 15.8 Å². The summed E-state index contributed by atoms with van der Waals surface area (Å²) < 4.78 is 5.35. The fraction of sp³-hybridized carbons (Fsp3) is 0.308. The van der Waals surface area contributed by atoms with E-state index in [1.54, 1.807) is 12.1 Å². The smallest absolute Gasteiger partial charge is 0.101 e. The number of nitrogens with two attached hydrogens (primary N) is 1. The molecule has 0 fully saturated rings. The zero-order valence-electron chi connectivity index (χ0n) is 9.99. The maximum absolute atomic E-state index is 8.82. The van der Waals surface area contributed by atoms with Gasteiger partial charge in [0.15, 0.2) is 0 Å². The molecule has 0 unspecified atom stereocenters. The molecule has 0 saturated heterocycles. The Morgan fingerprint density at radius 1 is 1.59 bits per heavy atom. The molecular weight excluding hydrogens is 214 g/mol. The van der Waals surface area contributed by atoms with E-state index in [0.29, 0.717) is 31.0 Å². The minimum Gasteiger partial charge on any atom is -0.398 e. The predicted molar refractivity (Wildman–Crippen MR) is 69.7 cm³/mol. The largest absolute Gasteiger partial charge is 0.398 e. The summed E-state index contributed by atoms with van der Waals surface area (Å²) in [5.41, 5.74) is 8.48. The number of benzene rings is 1. The summed E-state index contributed by atoms with van der Waals surface area (Å²) in [6.45, 7) is 7.53. The van der Waals surface area contributed by atoms with Crippen molar-refractivity contribution in [3.8, 4) is 6.07 Å². The third-order valence-electron chi connectivity index (χ3n) is 2.10. The van der Waals surface area contributed by atoms with Crippen molar-refractivity contribution in [3.63, 3.8) is 0 Å². The lowest BCUT2D eigenvalue weighted by Gasteiger charge is -2.08. The van der Waals surface area contributed by atoms with Crippen LogP contribution in [0.3, 0.4) is 0 Å². The molecule has 0 aliphatic carbocycles. The number of nitriles is 1. The number of hydrogen-bond acceptors (Lipinski definition) is 4. The number of nitrogens with one attached hydrogen (secondary N) is 1. The van der Waals surface area contributed by atoms with Crippen molar-refractivity contribution in [1.29, 1.82) is 5.26 Å². The molecular formula is C13H17N3O. The second-order valence-corrected chi connectivity index (χ2v) is 3.85. The van der Waals surface area contributed by atoms with Crippen molar-refractivity contribution in [2.24, 2.45) is 0 Å². The maximum Gasteiger partial charge on any atom is 0.101 e. The van der Waals surface area contributed by atoms with Crippen LogP contribution in [-0.2, 0) is 4.74 Å². The summed E-state index contributed by atoms with van der Waals surface area (Å²) in [7, 11) is 0. The third kappa shape index (κ3) is 4.58. The van der Waals surface area contributed by atoms with Crippen LogP contribution in [0, 0.1) is 11.3 Å². The summed E-state index contributed by atoms with van der Waals surface area (Å²) >= 11 is 0. The van der Waals surface area contributed by atoms with E-state index in [1.165, 1.54) is 0 Å². The van der Waals surface area contributed by atoms with E-state index >= 15 is 0 Å². The molecule has 0 aliphatic heterocycles. The number of rotatable bonds is 6. The standard InChI is InChI=1S/C13H17N3O/c1-10(2)9-17-6-5-16-12-3-4-13(15)11(7-12)8-14/h3-4,7,16H,1,5-6,9,15H2,2H3. The highest BCUT2D eigenvalue weighted by atomic mass is 16.5. The highest BCUT2D eigenvalue weighted by Crippen LogP contribution is 2.16. The average molecular weight is 231 g/mol. The van der Waals surface area contributed by atoms with Crippen molar-refractivity contribution < 1.29 is 4.74 Å². The first-order valence-electron chi connectivity index (χ1n) is 5.39. The zero-order valence-corrected chi connectivity index (χ0v) is 9.99. The van der Waals surface area contributed by atoms with Crippen LogP contribution in [0.1, 0.15) is 12.5 Å². The summed E-state index contributed by atoms with van der Waals surface area (Å²) in [5, 5.41) is 12.0. The second-order valence-electron chi connectivity index (χ2n) is 3.85. The van der Waals surface area contributed by atoms with Crippen molar-refractivity contribution in [2.75, 3.05) is 30.8 Å². The molecule has 0 bridgehead atoms. The molecule has 0 spiro atoms. The Morgan fingerprint density at radius 2 is 2.35 bits per heavy atom. The van der Waals surface area contributed by atoms with Gasteiger partial charge in [0.1, 0.15) is 6.07 Å². The Bertz CT molecular complexity index is 435. The lowest BCUT2D eigenvalue weighted by atomic mass is 10.2. The molecule has 0 saturated carbocycles. The third-order valence-corrected chi connectivity index (χ3v) is 2.10. The Morgan fingerprint density at radius 3 is 3.00 bits per heavy atom. The van der Waals surface area contributed by atoms with Crippen molar-refractivity contribution >= 4 is 11.4 Å². The van der Waals surface area contributed by atoms with Crippen LogP contribution in [-0.4, -0.2) is 19.8 Å². The van der Waals surface area contributed by atoms with Gasteiger partial charge in [-0.25, -0.2) is 0 Å². The highest BCUT2D eigenvalue weighted by Gasteiger charge is 1.99. The normalized spacial score (nSPS) is 9.65. The molecule has 1 rings (SSSR count). The van der Waals surface area contributed by atoms with Crippen LogP contribution >= 0.6 is 0 Å². The van der Waals surface area contributed by atoms with Gasteiger partial charge in [-0.3, -0.25) is 0 Å². The van der Waals surface area contributed by atoms with E-state index in [2.05, 4.69) is 11.9 Å². The van der Waals surface area contributed by atoms with Crippen LogP contribution in [0.15, 0.2) is 30.4 Å².